The third-order valence-electron chi connectivity index (χ3n) is 3.24. The topological polar surface area (TPSA) is 82.1 Å². The van der Waals surface area contributed by atoms with Crippen LogP contribution in [0.25, 0.3) is 0 Å². The number of benzene rings is 1. The van der Waals surface area contributed by atoms with Gasteiger partial charge in [-0.15, -0.1) is 0 Å². The highest BCUT2D eigenvalue weighted by Crippen LogP contribution is 2.33. The maximum absolute atomic E-state index is 12.8. The molecule has 0 aromatic heterocycles. The Morgan fingerprint density at radius 1 is 1.04 bits per heavy atom. The minimum absolute atomic E-state index is 0.00231. The first kappa shape index (κ1) is 20.5. The molecule has 0 unspecified atom stereocenters. The van der Waals surface area contributed by atoms with E-state index in [1.807, 2.05) is 0 Å². The van der Waals surface area contributed by atoms with Crippen molar-refractivity contribution < 1.29 is 28.6 Å². The van der Waals surface area contributed by atoms with Crippen LogP contribution in [0.2, 0.25) is 0 Å². The van der Waals surface area contributed by atoms with Gasteiger partial charge in [0, 0.05) is 5.41 Å². The van der Waals surface area contributed by atoms with Gasteiger partial charge in [0.2, 0.25) is 5.91 Å². The summed E-state index contributed by atoms with van der Waals surface area (Å²) < 4.78 is 15.3. The summed E-state index contributed by atoms with van der Waals surface area (Å²) in [5.74, 6) is -0.998. The van der Waals surface area contributed by atoms with E-state index in [2.05, 4.69) is 0 Å². The largest absolute Gasteiger partial charge is 0.496 e. The number of amides is 2. The highest BCUT2D eigenvalue weighted by molar-refractivity contribution is 6.17. The SMILES string of the molecule is CCOC(=O)c1c(OC)cccc1N(C(=O)OCC)C(=O)C(C)(C)C. The van der Waals surface area contributed by atoms with Crippen molar-refractivity contribution in [3.8, 4) is 5.75 Å². The summed E-state index contributed by atoms with van der Waals surface area (Å²) in [6, 6.07) is 4.62. The number of rotatable bonds is 5. The van der Waals surface area contributed by atoms with E-state index < -0.39 is 23.4 Å². The lowest BCUT2D eigenvalue weighted by Gasteiger charge is -2.28. The molecule has 138 valence electrons. The average Bonchev–Trinajstić information content (AvgIpc) is 2.54. The predicted octanol–water partition coefficient (Wildman–Crippen LogP) is 3.41. The molecular formula is C18H25NO6. The third kappa shape index (κ3) is 4.71. The van der Waals surface area contributed by atoms with E-state index in [4.69, 9.17) is 14.2 Å². The lowest BCUT2D eigenvalue weighted by Crippen LogP contribution is -2.44. The number of esters is 1. The second-order valence-electron chi connectivity index (χ2n) is 6.16. The van der Waals surface area contributed by atoms with Gasteiger partial charge in [-0.05, 0) is 26.0 Å². The van der Waals surface area contributed by atoms with Gasteiger partial charge >= 0.3 is 12.1 Å². The Bertz CT molecular complexity index is 647. The van der Waals surface area contributed by atoms with Crippen LogP contribution in [0.4, 0.5) is 10.5 Å². The first-order chi connectivity index (χ1) is 11.7. The van der Waals surface area contributed by atoms with Crippen molar-refractivity contribution in [3.63, 3.8) is 0 Å². The minimum Gasteiger partial charge on any atom is -0.496 e. The van der Waals surface area contributed by atoms with Crippen molar-refractivity contribution in [1.82, 2.24) is 0 Å². The first-order valence-electron chi connectivity index (χ1n) is 8.04. The molecule has 0 bridgehead atoms. The van der Waals surface area contributed by atoms with Crippen molar-refractivity contribution in [3.05, 3.63) is 23.8 Å². The molecule has 7 nitrogen and oxygen atoms in total. The fraction of sp³-hybridized carbons (Fsp3) is 0.500. The summed E-state index contributed by atoms with van der Waals surface area (Å²) in [5, 5.41) is 0. The Hall–Kier alpha value is -2.57. The number of methoxy groups -OCH3 is 1. The number of anilines is 1. The van der Waals surface area contributed by atoms with E-state index in [9.17, 15) is 14.4 Å². The van der Waals surface area contributed by atoms with Crippen LogP contribution < -0.4 is 9.64 Å². The normalized spacial score (nSPS) is 10.8. The molecule has 0 saturated heterocycles. The zero-order valence-electron chi connectivity index (χ0n) is 15.5. The minimum atomic E-state index is -0.873. The summed E-state index contributed by atoms with van der Waals surface area (Å²) in [6.45, 7) is 8.55. The summed E-state index contributed by atoms with van der Waals surface area (Å²) >= 11 is 0. The highest BCUT2D eigenvalue weighted by Gasteiger charge is 2.37. The van der Waals surface area contributed by atoms with Gasteiger partial charge in [-0.3, -0.25) is 4.79 Å². The smallest absolute Gasteiger partial charge is 0.421 e. The summed E-state index contributed by atoms with van der Waals surface area (Å²) in [4.78, 5) is 38.6. The first-order valence-corrected chi connectivity index (χ1v) is 8.04. The van der Waals surface area contributed by atoms with E-state index in [-0.39, 0.29) is 30.2 Å². The van der Waals surface area contributed by atoms with Crippen LogP contribution in [0.5, 0.6) is 5.75 Å². The number of hydrogen-bond donors (Lipinski definition) is 0. The Morgan fingerprint density at radius 3 is 2.12 bits per heavy atom. The van der Waals surface area contributed by atoms with Gasteiger partial charge < -0.3 is 14.2 Å². The Morgan fingerprint density at radius 2 is 1.64 bits per heavy atom. The summed E-state index contributed by atoms with van der Waals surface area (Å²) in [6.07, 6.45) is -0.860. The van der Waals surface area contributed by atoms with Gasteiger partial charge in [-0.1, -0.05) is 26.8 Å². The molecule has 0 atom stereocenters. The standard InChI is InChI=1S/C18H25NO6/c1-7-24-15(20)14-12(10-9-11-13(14)23-6)19(17(22)25-8-2)16(21)18(3,4)5/h9-11H,7-8H2,1-6H3. The fourth-order valence-corrected chi connectivity index (χ4v) is 2.10. The fourth-order valence-electron chi connectivity index (χ4n) is 2.10. The zero-order valence-corrected chi connectivity index (χ0v) is 15.5. The van der Waals surface area contributed by atoms with Gasteiger partial charge in [0.05, 0.1) is 26.0 Å². The van der Waals surface area contributed by atoms with Crippen LogP contribution in [0, 0.1) is 5.41 Å². The van der Waals surface area contributed by atoms with Crippen LogP contribution in [0.15, 0.2) is 18.2 Å². The van der Waals surface area contributed by atoms with E-state index in [1.165, 1.54) is 13.2 Å². The van der Waals surface area contributed by atoms with E-state index >= 15 is 0 Å². The molecule has 25 heavy (non-hydrogen) atoms. The van der Waals surface area contributed by atoms with Crippen molar-refractivity contribution >= 4 is 23.7 Å². The molecule has 0 aliphatic carbocycles. The summed E-state index contributed by atoms with van der Waals surface area (Å²) in [7, 11) is 1.39. The van der Waals surface area contributed by atoms with Crippen LogP contribution in [0.3, 0.4) is 0 Å². The van der Waals surface area contributed by atoms with Crippen LogP contribution in [-0.2, 0) is 14.3 Å². The predicted molar refractivity (Wildman–Crippen MR) is 92.9 cm³/mol. The molecule has 0 aliphatic rings. The van der Waals surface area contributed by atoms with Gasteiger partial charge in [-0.2, -0.15) is 0 Å². The molecule has 0 N–H and O–H groups in total. The molecule has 0 saturated carbocycles. The second kappa shape index (κ2) is 8.50. The Kier molecular flexibility index (Phi) is 6.97. The lowest BCUT2D eigenvalue weighted by atomic mass is 9.94. The van der Waals surface area contributed by atoms with Crippen molar-refractivity contribution in [1.29, 1.82) is 0 Å². The molecule has 1 aromatic rings. The van der Waals surface area contributed by atoms with Gasteiger partial charge in [-0.25, -0.2) is 14.5 Å². The molecule has 0 radical (unpaired) electrons. The number of carbonyl (C=O) groups excluding carboxylic acids is 3. The van der Waals surface area contributed by atoms with E-state index in [1.54, 1.807) is 46.8 Å². The number of nitrogens with zero attached hydrogens (tertiary/aromatic N) is 1. The van der Waals surface area contributed by atoms with Gasteiger partial charge in [0.1, 0.15) is 11.3 Å². The lowest BCUT2D eigenvalue weighted by molar-refractivity contribution is -0.125. The maximum Gasteiger partial charge on any atom is 0.421 e. The third-order valence-corrected chi connectivity index (χ3v) is 3.24. The van der Waals surface area contributed by atoms with Gasteiger partial charge in [0.15, 0.2) is 0 Å². The number of ether oxygens (including phenoxy) is 3. The molecule has 2 amide bonds. The van der Waals surface area contributed by atoms with E-state index in [0.717, 1.165) is 4.90 Å². The maximum atomic E-state index is 12.8. The van der Waals surface area contributed by atoms with Crippen LogP contribution in [0.1, 0.15) is 45.0 Å². The van der Waals surface area contributed by atoms with Crippen molar-refractivity contribution in [2.45, 2.75) is 34.6 Å². The number of hydrogen-bond acceptors (Lipinski definition) is 6. The van der Waals surface area contributed by atoms with Crippen LogP contribution >= 0.6 is 0 Å². The molecule has 0 spiro atoms. The Labute approximate surface area is 147 Å². The average molecular weight is 351 g/mol. The quantitative estimate of drug-likeness (QED) is 0.756. The highest BCUT2D eigenvalue weighted by atomic mass is 16.6. The molecule has 7 heteroatoms. The molecule has 0 heterocycles. The zero-order chi connectivity index (χ0) is 19.2. The molecule has 1 aromatic carbocycles. The van der Waals surface area contributed by atoms with Crippen molar-refractivity contribution in [2.75, 3.05) is 25.2 Å². The van der Waals surface area contributed by atoms with Crippen molar-refractivity contribution in [2.24, 2.45) is 5.41 Å². The van der Waals surface area contributed by atoms with E-state index in [0.29, 0.717) is 0 Å². The number of imide groups is 1. The monoisotopic (exact) mass is 351 g/mol. The second-order valence-corrected chi connectivity index (χ2v) is 6.16. The van der Waals surface area contributed by atoms with Crippen LogP contribution in [-0.4, -0.2) is 38.3 Å². The molecule has 0 aliphatic heterocycles. The number of carbonyl (C=O) groups is 3. The molecule has 1 rings (SSSR count). The Balaban J connectivity index is 3.61. The van der Waals surface area contributed by atoms with Gasteiger partial charge in [0.25, 0.3) is 0 Å². The molecule has 0 fully saturated rings. The summed E-state index contributed by atoms with van der Waals surface area (Å²) in [5.41, 5.74) is -0.810. The molecular weight excluding hydrogens is 326 g/mol.